The molecule has 1 aliphatic heterocycles. The molecule has 0 radical (unpaired) electrons. The molecule has 0 spiro atoms. The zero-order chi connectivity index (χ0) is 12.5. The van der Waals surface area contributed by atoms with E-state index in [0.717, 1.165) is 13.0 Å². The minimum atomic E-state index is -1.07. The maximum Gasteiger partial charge on any atom is 0.130 e. The summed E-state index contributed by atoms with van der Waals surface area (Å²) in [6, 6.07) is 4.50. The third-order valence-electron chi connectivity index (χ3n) is 3.64. The van der Waals surface area contributed by atoms with Gasteiger partial charge < -0.3 is 10.4 Å². The fourth-order valence-electron chi connectivity index (χ4n) is 2.61. The Labute approximate surface area is 106 Å². The van der Waals surface area contributed by atoms with Crippen LogP contribution < -0.4 is 5.32 Å². The van der Waals surface area contributed by atoms with Crippen LogP contribution in [-0.2, 0) is 5.60 Å². The summed E-state index contributed by atoms with van der Waals surface area (Å²) >= 11 is 5.74. The molecule has 0 aromatic heterocycles. The van der Waals surface area contributed by atoms with E-state index in [2.05, 4.69) is 5.32 Å². The van der Waals surface area contributed by atoms with Gasteiger partial charge in [0.05, 0.1) is 5.60 Å². The molecule has 2 nitrogen and oxygen atoms in total. The minimum Gasteiger partial charge on any atom is -0.385 e. The van der Waals surface area contributed by atoms with Crippen LogP contribution in [0.5, 0.6) is 0 Å². The molecule has 0 amide bonds. The van der Waals surface area contributed by atoms with Crippen molar-refractivity contribution < 1.29 is 9.50 Å². The fourth-order valence-corrected chi connectivity index (χ4v) is 2.76. The van der Waals surface area contributed by atoms with Gasteiger partial charge in [-0.1, -0.05) is 24.6 Å². The van der Waals surface area contributed by atoms with Gasteiger partial charge in [-0.25, -0.2) is 4.39 Å². The lowest BCUT2D eigenvalue weighted by Crippen LogP contribution is -2.48. The second-order valence-corrected chi connectivity index (χ2v) is 5.04. The summed E-state index contributed by atoms with van der Waals surface area (Å²) < 4.78 is 13.9. The van der Waals surface area contributed by atoms with E-state index < -0.39 is 11.4 Å². The summed E-state index contributed by atoms with van der Waals surface area (Å²) in [5.74, 6) is -0.382. The third kappa shape index (κ3) is 2.32. The molecule has 1 aromatic carbocycles. The highest BCUT2D eigenvalue weighted by molar-refractivity contribution is 6.30. The van der Waals surface area contributed by atoms with Crippen molar-refractivity contribution in [3.8, 4) is 0 Å². The molecule has 1 aliphatic rings. The van der Waals surface area contributed by atoms with Crippen LogP contribution in [0.2, 0.25) is 5.02 Å². The summed E-state index contributed by atoms with van der Waals surface area (Å²) in [5.41, 5.74) is -0.704. The summed E-state index contributed by atoms with van der Waals surface area (Å²) in [4.78, 5) is 0. The highest BCUT2D eigenvalue weighted by atomic mass is 35.5. The van der Waals surface area contributed by atoms with Gasteiger partial charge in [0, 0.05) is 23.0 Å². The molecular formula is C13H17ClFNO. The first-order valence-electron chi connectivity index (χ1n) is 5.96. The average molecular weight is 258 g/mol. The highest BCUT2D eigenvalue weighted by Gasteiger charge is 2.41. The lowest BCUT2D eigenvalue weighted by atomic mass is 9.75. The van der Waals surface area contributed by atoms with Gasteiger partial charge in [0.2, 0.25) is 0 Å². The monoisotopic (exact) mass is 257 g/mol. The number of piperidine rings is 1. The predicted octanol–water partition coefficient (Wildman–Crippen LogP) is 2.69. The van der Waals surface area contributed by atoms with Crippen LogP contribution in [0.15, 0.2) is 18.2 Å². The van der Waals surface area contributed by atoms with Gasteiger partial charge >= 0.3 is 0 Å². The third-order valence-corrected chi connectivity index (χ3v) is 3.87. The second kappa shape index (κ2) is 4.92. The molecule has 4 heteroatoms. The van der Waals surface area contributed by atoms with Crippen LogP contribution in [0.4, 0.5) is 4.39 Å². The molecular weight excluding hydrogens is 241 g/mol. The number of rotatable bonds is 2. The molecule has 1 fully saturated rings. The largest absolute Gasteiger partial charge is 0.385 e. The van der Waals surface area contributed by atoms with Crippen molar-refractivity contribution in [3.63, 3.8) is 0 Å². The molecule has 94 valence electrons. The van der Waals surface area contributed by atoms with Gasteiger partial charge in [-0.2, -0.15) is 0 Å². The number of halogens is 2. The maximum atomic E-state index is 13.9. The Balaban J connectivity index is 2.41. The maximum absolute atomic E-state index is 13.9. The van der Waals surface area contributed by atoms with Gasteiger partial charge in [-0.3, -0.25) is 0 Å². The molecule has 0 saturated carbocycles. The first kappa shape index (κ1) is 12.8. The molecule has 2 rings (SSSR count). The Hall–Kier alpha value is -0.640. The van der Waals surface area contributed by atoms with E-state index in [1.807, 2.05) is 6.92 Å². The summed E-state index contributed by atoms with van der Waals surface area (Å²) in [6.45, 7) is 3.43. The smallest absolute Gasteiger partial charge is 0.130 e. The lowest BCUT2D eigenvalue weighted by Gasteiger charge is -2.40. The van der Waals surface area contributed by atoms with Gasteiger partial charge in [-0.15, -0.1) is 0 Å². The van der Waals surface area contributed by atoms with Crippen LogP contribution in [0.25, 0.3) is 0 Å². The van der Waals surface area contributed by atoms with E-state index in [4.69, 9.17) is 11.6 Å². The zero-order valence-corrected chi connectivity index (χ0v) is 10.6. The van der Waals surface area contributed by atoms with Crippen LogP contribution >= 0.6 is 11.6 Å². The Morgan fingerprint density at radius 1 is 1.59 bits per heavy atom. The second-order valence-electron chi connectivity index (χ2n) is 4.61. The van der Waals surface area contributed by atoms with E-state index in [9.17, 15) is 9.50 Å². The van der Waals surface area contributed by atoms with E-state index >= 15 is 0 Å². The highest BCUT2D eigenvalue weighted by Crippen LogP contribution is 2.38. The van der Waals surface area contributed by atoms with Crippen LogP contribution in [0.3, 0.4) is 0 Å². The van der Waals surface area contributed by atoms with Crippen molar-refractivity contribution in [2.75, 3.05) is 13.1 Å². The van der Waals surface area contributed by atoms with Crippen molar-refractivity contribution in [3.05, 3.63) is 34.6 Å². The molecule has 0 aliphatic carbocycles. The van der Waals surface area contributed by atoms with Gasteiger partial charge in [0.25, 0.3) is 0 Å². The summed E-state index contributed by atoms with van der Waals surface area (Å²) in [6.07, 6.45) is 1.34. The normalized spacial score (nSPS) is 29.3. The topological polar surface area (TPSA) is 32.3 Å². The van der Waals surface area contributed by atoms with Gasteiger partial charge in [0.15, 0.2) is 0 Å². The number of benzene rings is 1. The lowest BCUT2D eigenvalue weighted by molar-refractivity contribution is -0.0504. The first-order chi connectivity index (χ1) is 8.08. The number of hydrogen-bond donors (Lipinski definition) is 2. The quantitative estimate of drug-likeness (QED) is 0.854. The fraction of sp³-hybridized carbons (Fsp3) is 0.538. The molecule has 1 aromatic rings. The zero-order valence-electron chi connectivity index (χ0n) is 9.84. The summed E-state index contributed by atoms with van der Waals surface area (Å²) in [7, 11) is 0. The Bertz CT molecular complexity index is 412. The van der Waals surface area contributed by atoms with E-state index in [-0.39, 0.29) is 5.92 Å². The summed E-state index contributed by atoms with van der Waals surface area (Å²) in [5, 5.41) is 14.3. The SMILES string of the molecule is CCC1CNCCC1(O)c1ccc(Cl)cc1F. The Morgan fingerprint density at radius 3 is 3.00 bits per heavy atom. The molecule has 2 atom stereocenters. The molecule has 17 heavy (non-hydrogen) atoms. The standard InChI is InChI=1S/C13H17ClFNO/c1-2-9-8-16-6-5-13(9,17)11-4-3-10(14)7-12(11)15/h3-4,7,9,16-17H,2,5-6,8H2,1H3. The van der Waals surface area contributed by atoms with E-state index in [1.165, 1.54) is 6.07 Å². The van der Waals surface area contributed by atoms with E-state index in [1.54, 1.807) is 12.1 Å². The van der Waals surface area contributed by atoms with Crippen molar-refractivity contribution in [1.82, 2.24) is 5.32 Å². The molecule has 2 unspecified atom stereocenters. The first-order valence-corrected chi connectivity index (χ1v) is 6.34. The number of aliphatic hydroxyl groups is 1. The van der Waals surface area contributed by atoms with Crippen molar-refractivity contribution >= 4 is 11.6 Å². The van der Waals surface area contributed by atoms with Crippen molar-refractivity contribution in [2.24, 2.45) is 5.92 Å². The van der Waals surface area contributed by atoms with Crippen LogP contribution in [0, 0.1) is 11.7 Å². The average Bonchev–Trinajstić information content (AvgIpc) is 2.29. The van der Waals surface area contributed by atoms with Crippen LogP contribution in [0.1, 0.15) is 25.3 Å². The Kier molecular flexibility index (Phi) is 3.71. The molecule has 1 saturated heterocycles. The molecule has 0 bridgehead atoms. The number of nitrogens with one attached hydrogen (secondary N) is 1. The predicted molar refractivity (Wildman–Crippen MR) is 66.6 cm³/mol. The van der Waals surface area contributed by atoms with Gasteiger partial charge in [0.1, 0.15) is 5.82 Å². The molecule has 2 N–H and O–H groups in total. The minimum absolute atomic E-state index is 0.0342. The van der Waals surface area contributed by atoms with Gasteiger partial charge in [-0.05, 0) is 31.5 Å². The van der Waals surface area contributed by atoms with Crippen molar-refractivity contribution in [1.29, 1.82) is 0 Å². The Morgan fingerprint density at radius 2 is 2.35 bits per heavy atom. The number of hydrogen-bond acceptors (Lipinski definition) is 2. The van der Waals surface area contributed by atoms with E-state index in [0.29, 0.717) is 23.6 Å². The van der Waals surface area contributed by atoms with Crippen molar-refractivity contribution in [2.45, 2.75) is 25.4 Å². The molecule has 1 heterocycles. The van der Waals surface area contributed by atoms with Crippen LogP contribution in [-0.4, -0.2) is 18.2 Å².